The van der Waals surface area contributed by atoms with E-state index in [0.717, 1.165) is 19.5 Å². The summed E-state index contributed by atoms with van der Waals surface area (Å²) >= 11 is 11.8. The van der Waals surface area contributed by atoms with Gasteiger partial charge in [-0.25, -0.2) is 0 Å². The summed E-state index contributed by atoms with van der Waals surface area (Å²) in [6.45, 7) is 1.83. The van der Waals surface area contributed by atoms with Crippen molar-refractivity contribution < 1.29 is 9.84 Å². The Bertz CT molecular complexity index is 381. The molecule has 0 aromatic heterocycles. The molecule has 5 heteroatoms. The molecule has 0 radical (unpaired) electrons. The Morgan fingerprint density at radius 3 is 2.88 bits per heavy atom. The predicted molar refractivity (Wildman–Crippen MR) is 68.9 cm³/mol. The van der Waals surface area contributed by atoms with Gasteiger partial charge in [0.05, 0.1) is 11.6 Å². The SMILES string of the molecule is OC[C@H](Oc1ccc(Cl)cc1Cl)C1CCNC1. The van der Waals surface area contributed by atoms with E-state index in [-0.39, 0.29) is 12.7 Å². The minimum atomic E-state index is -0.219. The normalized spacial score (nSPS) is 21.5. The molecule has 1 fully saturated rings. The number of nitrogens with one attached hydrogen (secondary N) is 1. The zero-order valence-corrected chi connectivity index (χ0v) is 10.8. The van der Waals surface area contributed by atoms with Crippen LogP contribution in [-0.2, 0) is 0 Å². The van der Waals surface area contributed by atoms with Crippen LogP contribution >= 0.6 is 23.2 Å². The van der Waals surface area contributed by atoms with Gasteiger partial charge in [-0.2, -0.15) is 0 Å². The Labute approximate surface area is 111 Å². The second kappa shape index (κ2) is 5.91. The lowest BCUT2D eigenvalue weighted by atomic mass is 10.0. The summed E-state index contributed by atoms with van der Waals surface area (Å²) in [4.78, 5) is 0. The van der Waals surface area contributed by atoms with E-state index >= 15 is 0 Å². The van der Waals surface area contributed by atoms with E-state index in [0.29, 0.717) is 21.7 Å². The molecule has 0 amide bonds. The minimum absolute atomic E-state index is 0.00863. The Hall–Kier alpha value is -0.480. The summed E-state index contributed by atoms with van der Waals surface area (Å²) in [5.74, 6) is 0.897. The molecule has 2 N–H and O–H groups in total. The number of hydrogen-bond acceptors (Lipinski definition) is 3. The van der Waals surface area contributed by atoms with Gasteiger partial charge in [-0.3, -0.25) is 0 Å². The topological polar surface area (TPSA) is 41.5 Å². The Balaban J connectivity index is 2.06. The van der Waals surface area contributed by atoms with Crippen LogP contribution in [0.5, 0.6) is 5.75 Å². The molecule has 1 aromatic rings. The number of aliphatic hydroxyl groups excluding tert-OH is 1. The zero-order valence-electron chi connectivity index (χ0n) is 9.33. The maximum Gasteiger partial charge on any atom is 0.138 e. The fourth-order valence-electron chi connectivity index (χ4n) is 2.01. The van der Waals surface area contributed by atoms with E-state index in [2.05, 4.69) is 5.32 Å². The van der Waals surface area contributed by atoms with Crippen molar-refractivity contribution in [2.75, 3.05) is 19.7 Å². The molecule has 1 aliphatic heterocycles. The number of aliphatic hydroxyl groups is 1. The molecular weight excluding hydrogens is 261 g/mol. The van der Waals surface area contributed by atoms with Crippen molar-refractivity contribution in [3.8, 4) is 5.75 Å². The smallest absolute Gasteiger partial charge is 0.138 e. The molecule has 1 aliphatic rings. The third kappa shape index (κ3) is 3.26. The van der Waals surface area contributed by atoms with E-state index in [1.807, 2.05) is 0 Å². The molecular formula is C12H15Cl2NO2. The molecule has 3 nitrogen and oxygen atoms in total. The fraction of sp³-hybridized carbons (Fsp3) is 0.500. The molecule has 0 aliphatic carbocycles. The van der Waals surface area contributed by atoms with Crippen molar-refractivity contribution in [3.05, 3.63) is 28.2 Å². The van der Waals surface area contributed by atoms with Gasteiger partial charge in [0.1, 0.15) is 11.9 Å². The minimum Gasteiger partial charge on any atom is -0.486 e. The van der Waals surface area contributed by atoms with Gasteiger partial charge in [0.2, 0.25) is 0 Å². The molecule has 1 heterocycles. The second-order valence-corrected chi connectivity index (χ2v) is 5.01. The summed E-state index contributed by atoms with van der Waals surface area (Å²) in [5, 5.41) is 13.7. The Morgan fingerprint density at radius 1 is 1.47 bits per heavy atom. The molecule has 17 heavy (non-hydrogen) atoms. The number of hydrogen-bond donors (Lipinski definition) is 2. The van der Waals surface area contributed by atoms with E-state index in [1.54, 1.807) is 18.2 Å². The van der Waals surface area contributed by atoms with Crippen LogP contribution in [0, 0.1) is 5.92 Å². The molecule has 2 atom stereocenters. The average molecular weight is 276 g/mol. The summed E-state index contributed by atoms with van der Waals surface area (Å²) in [7, 11) is 0. The van der Waals surface area contributed by atoms with Crippen LogP contribution in [0.2, 0.25) is 10.0 Å². The lowest BCUT2D eigenvalue weighted by Gasteiger charge is -2.22. The van der Waals surface area contributed by atoms with Gasteiger partial charge in [0, 0.05) is 17.5 Å². The fourth-order valence-corrected chi connectivity index (χ4v) is 2.46. The third-order valence-corrected chi connectivity index (χ3v) is 3.51. The van der Waals surface area contributed by atoms with Crippen LogP contribution in [0.25, 0.3) is 0 Å². The first-order valence-electron chi connectivity index (χ1n) is 5.64. The molecule has 1 aromatic carbocycles. The van der Waals surface area contributed by atoms with Crippen LogP contribution < -0.4 is 10.1 Å². The predicted octanol–water partition coefficient (Wildman–Crippen LogP) is 2.34. The highest BCUT2D eigenvalue weighted by Crippen LogP contribution is 2.30. The molecule has 0 saturated carbocycles. The molecule has 1 saturated heterocycles. The average Bonchev–Trinajstić information content (AvgIpc) is 2.81. The summed E-state index contributed by atoms with van der Waals surface area (Å²) < 4.78 is 5.75. The quantitative estimate of drug-likeness (QED) is 0.887. The van der Waals surface area contributed by atoms with Crippen molar-refractivity contribution in [2.24, 2.45) is 5.92 Å². The first-order chi connectivity index (χ1) is 8.20. The van der Waals surface area contributed by atoms with Crippen LogP contribution in [0.4, 0.5) is 0 Å². The van der Waals surface area contributed by atoms with E-state index in [9.17, 15) is 5.11 Å². The van der Waals surface area contributed by atoms with Gasteiger partial charge in [0.15, 0.2) is 0 Å². The molecule has 0 spiro atoms. The van der Waals surface area contributed by atoms with Crippen LogP contribution in [0.3, 0.4) is 0 Å². The first-order valence-corrected chi connectivity index (χ1v) is 6.39. The highest BCUT2D eigenvalue weighted by atomic mass is 35.5. The molecule has 2 rings (SSSR count). The third-order valence-electron chi connectivity index (χ3n) is 2.98. The van der Waals surface area contributed by atoms with Crippen LogP contribution in [0.15, 0.2) is 18.2 Å². The van der Waals surface area contributed by atoms with Crippen molar-refractivity contribution in [2.45, 2.75) is 12.5 Å². The Morgan fingerprint density at radius 2 is 2.29 bits per heavy atom. The summed E-state index contributed by atoms with van der Waals surface area (Å²) in [6, 6.07) is 5.10. The van der Waals surface area contributed by atoms with Gasteiger partial charge in [-0.05, 0) is 31.2 Å². The van der Waals surface area contributed by atoms with Crippen molar-refractivity contribution >= 4 is 23.2 Å². The number of ether oxygens (including phenoxy) is 1. The highest BCUT2D eigenvalue weighted by molar-refractivity contribution is 6.35. The number of benzene rings is 1. The van der Waals surface area contributed by atoms with Gasteiger partial charge >= 0.3 is 0 Å². The van der Waals surface area contributed by atoms with Crippen molar-refractivity contribution in [3.63, 3.8) is 0 Å². The van der Waals surface area contributed by atoms with Gasteiger partial charge in [0.25, 0.3) is 0 Å². The standard InChI is InChI=1S/C12H15Cl2NO2/c13-9-1-2-11(10(14)5-9)17-12(7-16)8-3-4-15-6-8/h1-2,5,8,12,15-16H,3-4,6-7H2/t8?,12-/m0/s1. The van der Waals surface area contributed by atoms with Crippen molar-refractivity contribution in [1.82, 2.24) is 5.32 Å². The molecule has 0 bridgehead atoms. The monoisotopic (exact) mass is 275 g/mol. The molecule has 94 valence electrons. The van der Waals surface area contributed by atoms with Gasteiger partial charge < -0.3 is 15.2 Å². The lowest BCUT2D eigenvalue weighted by molar-refractivity contribution is 0.0743. The van der Waals surface area contributed by atoms with Gasteiger partial charge in [-0.1, -0.05) is 23.2 Å². The number of halogens is 2. The maximum atomic E-state index is 9.37. The van der Waals surface area contributed by atoms with Crippen molar-refractivity contribution in [1.29, 1.82) is 0 Å². The second-order valence-electron chi connectivity index (χ2n) is 4.17. The summed E-state index contributed by atoms with van der Waals surface area (Å²) in [5.41, 5.74) is 0. The van der Waals surface area contributed by atoms with Crippen LogP contribution in [-0.4, -0.2) is 30.9 Å². The van der Waals surface area contributed by atoms with E-state index < -0.39 is 0 Å². The number of rotatable bonds is 4. The first kappa shape index (κ1) is 13.0. The summed E-state index contributed by atoms with van der Waals surface area (Å²) in [6.07, 6.45) is 0.792. The zero-order chi connectivity index (χ0) is 12.3. The highest BCUT2D eigenvalue weighted by Gasteiger charge is 2.26. The molecule has 1 unspecified atom stereocenters. The van der Waals surface area contributed by atoms with E-state index in [1.165, 1.54) is 0 Å². The Kier molecular flexibility index (Phi) is 4.51. The van der Waals surface area contributed by atoms with E-state index in [4.69, 9.17) is 27.9 Å². The van der Waals surface area contributed by atoms with Crippen LogP contribution in [0.1, 0.15) is 6.42 Å². The maximum absolute atomic E-state index is 9.37. The van der Waals surface area contributed by atoms with Gasteiger partial charge in [-0.15, -0.1) is 0 Å². The lowest BCUT2D eigenvalue weighted by Crippen LogP contribution is -2.32. The largest absolute Gasteiger partial charge is 0.486 e.